The minimum Gasteiger partial charge on any atom is -0.496 e. The summed E-state index contributed by atoms with van der Waals surface area (Å²) in [5.74, 6) is 4.11. The van der Waals surface area contributed by atoms with E-state index < -0.39 is 0 Å². The molecule has 0 saturated carbocycles. The average molecular weight is 1810 g/mol. The van der Waals surface area contributed by atoms with Gasteiger partial charge in [-0.3, -0.25) is 37.9 Å². The fourth-order valence-corrected chi connectivity index (χ4v) is 14.6. The Labute approximate surface area is 753 Å². The Morgan fingerprint density at radius 3 is 1.24 bits per heavy atom. The van der Waals surface area contributed by atoms with Gasteiger partial charge in [-0.25, -0.2) is 34.9 Å². The number of nitrogens with zero attached hydrogens (tertiary/aromatic N) is 14. The SMILES string of the molecule is CC(C)(c1ccc(-c2cc(=O)[nH]o2)cc1)n1ccnc1.COc1cc(-c2cc(=O)[nH]o2)ccc1Cn1ccnc1.Cc1cc(-c2cc(=O)[nH]o2)ccc1Cn1ccnc1.Cc1cc(Cn2ccnc2)ccc1-c1cc(=O)[nH]o1.O=c1cc(-c2ccc(Cn3ccnc3)c(Cl)c2)o[nH]1.O=c1cc(-c2ccc(Cn3ccnc3)cc2)s[nH]1.O=c1cc(CCCCCn2ccnc2)o[nH]1. The van der Waals surface area contributed by atoms with Crippen LogP contribution in [0.3, 0.4) is 0 Å². The molecule has 0 unspecified atom stereocenters. The highest BCUT2D eigenvalue weighted by Gasteiger charge is 2.23. The fraction of sp³-hybridized carbons (Fsp3) is 0.170. The van der Waals surface area contributed by atoms with Crippen molar-refractivity contribution in [3.63, 3.8) is 0 Å². The Balaban J connectivity index is 0.000000123. The van der Waals surface area contributed by atoms with Crippen molar-refractivity contribution >= 4 is 23.1 Å². The zero-order valence-corrected chi connectivity index (χ0v) is 73.1. The third-order valence-corrected chi connectivity index (χ3v) is 21.8. The second-order valence-corrected chi connectivity index (χ2v) is 31.6. The van der Waals surface area contributed by atoms with Crippen LogP contribution >= 0.6 is 23.1 Å². The summed E-state index contributed by atoms with van der Waals surface area (Å²) in [5.41, 5.74) is 12.6. The van der Waals surface area contributed by atoms with Gasteiger partial charge in [-0.1, -0.05) is 133 Å². The molecule has 131 heavy (non-hydrogen) atoms. The molecule has 35 nitrogen and oxygen atoms in total. The molecule has 0 spiro atoms. The van der Waals surface area contributed by atoms with Gasteiger partial charge in [0.05, 0.1) is 98.7 Å². The number of aromatic nitrogens is 21. The zero-order valence-electron chi connectivity index (χ0n) is 71.5. The van der Waals surface area contributed by atoms with Gasteiger partial charge < -0.3 is 63.8 Å². The summed E-state index contributed by atoms with van der Waals surface area (Å²) in [6, 6.07) is 49.7. The van der Waals surface area contributed by atoms with Crippen LogP contribution in [0, 0.1) is 13.8 Å². The molecule has 0 saturated heterocycles. The predicted octanol–water partition coefficient (Wildman–Crippen LogP) is 15.3. The molecule has 0 bridgehead atoms. The molecule has 37 heteroatoms. The minimum atomic E-state index is -0.270. The first-order valence-corrected chi connectivity index (χ1v) is 42.2. The van der Waals surface area contributed by atoms with Gasteiger partial charge in [0, 0.05) is 176 Å². The second kappa shape index (κ2) is 44.0. The number of aromatic amines is 7. The molecule has 0 fully saturated rings. The Hall–Kier alpha value is -16.6. The van der Waals surface area contributed by atoms with E-state index in [0.29, 0.717) is 46.9 Å². The molecule has 0 aliphatic rings. The maximum atomic E-state index is 11.1. The van der Waals surface area contributed by atoms with E-state index in [1.165, 1.54) is 64.6 Å². The summed E-state index contributed by atoms with van der Waals surface area (Å²) >= 11 is 7.60. The summed E-state index contributed by atoms with van der Waals surface area (Å²) in [7, 11) is 1.61. The third-order valence-electron chi connectivity index (χ3n) is 20.6. The minimum absolute atomic E-state index is 0.0440. The van der Waals surface area contributed by atoms with Crippen LogP contribution in [0.25, 0.3) is 67.1 Å². The molecule has 20 rings (SSSR count). The van der Waals surface area contributed by atoms with Crippen LogP contribution in [0.5, 0.6) is 5.75 Å². The highest BCUT2D eigenvalue weighted by molar-refractivity contribution is 7.09. The lowest BCUT2D eigenvalue weighted by Crippen LogP contribution is -2.26. The summed E-state index contributed by atoms with van der Waals surface area (Å²) in [5, 5.41) is 14.3. The highest BCUT2D eigenvalue weighted by Crippen LogP contribution is 2.32. The number of unbranched alkanes of at least 4 members (excludes halogenated alkanes) is 2. The molecule has 0 aliphatic heterocycles. The quantitative estimate of drug-likeness (QED) is 0.0261. The van der Waals surface area contributed by atoms with E-state index in [-0.39, 0.29) is 44.5 Å². The molecule has 0 atom stereocenters. The number of benzene rings is 6. The van der Waals surface area contributed by atoms with Gasteiger partial charge in [-0.05, 0) is 103 Å². The number of imidazole rings is 7. The largest absolute Gasteiger partial charge is 0.496 e. The van der Waals surface area contributed by atoms with Gasteiger partial charge in [-0.15, -0.1) is 0 Å². The van der Waals surface area contributed by atoms with E-state index in [4.69, 9.17) is 43.5 Å². The number of H-pyrrole nitrogens is 7. The first-order valence-electron chi connectivity index (χ1n) is 41.0. The normalized spacial score (nSPS) is 10.9. The van der Waals surface area contributed by atoms with Crippen LogP contribution in [-0.2, 0) is 51.2 Å². The summed E-state index contributed by atoms with van der Waals surface area (Å²) < 4.78 is 52.5. The Morgan fingerprint density at radius 1 is 0.366 bits per heavy atom. The summed E-state index contributed by atoms with van der Waals surface area (Å²) in [4.78, 5) is 106. The van der Waals surface area contributed by atoms with Crippen LogP contribution < -0.4 is 43.7 Å². The van der Waals surface area contributed by atoms with Crippen molar-refractivity contribution in [3.8, 4) is 72.8 Å². The van der Waals surface area contributed by atoms with Gasteiger partial charge >= 0.3 is 0 Å². The number of ether oxygens (including phenoxy) is 1. The molecule has 6 aromatic carbocycles. The molecule has 0 radical (unpaired) electrons. The molecular weight excluding hydrogens is 1710 g/mol. The number of hydrogen-bond acceptors (Lipinski definition) is 22. The first-order chi connectivity index (χ1) is 63.6. The van der Waals surface area contributed by atoms with Crippen LogP contribution in [0.2, 0.25) is 5.02 Å². The molecule has 7 N–H and O–H groups in total. The maximum absolute atomic E-state index is 11.1. The van der Waals surface area contributed by atoms with E-state index >= 15 is 0 Å². The summed E-state index contributed by atoms with van der Waals surface area (Å²) in [6.07, 6.45) is 42.3. The molecule has 14 aromatic heterocycles. The number of nitrogens with one attached hydrogen (secondary N) is 7. The van der Waals surface area contributed by atoms with E-state index in [9.17, 15) is 33.6 Å². The predicted molar refractivity (Wildman–Crippen MR) is 492 cm³/mol. The maximum Gasteiger partial charge on any atom is 0.280 e. The molecule has 668 valence electrons. The fourth-order valence-electron chi connectivity index (χ4n) is 13.6. The lowest BCUT2D eigenvalue weighted by atomic mass is 9.93. The van der Waals surface area contributed by atoms with Crippen molar-refractivity contribution in [3.05, 3.63) is 423 Å². The number of aryl methyl sites for hydroxylation is 4. The van der Waals surface area contributed by atoms with Gasteiger partial charge in [0.15, 0.2) is 28.8 Å². The Kier molecular flexibility index (Phi) is 30.4. The van der Waals surface area contributed by atoms with Gasteiger partial charge in [0.25, 0.3) is 38.9 Å². The van der Waals surface area contributed by atoms with Crippen LogP contribution in [0.4, 0.5) is 0 Å². The second-order valence-electron chi connectivity index (χ2n) is 30.4. The monoisotopic (exact) mass is 1800 g/mol. The van der Waals surface area contributed by atoms with Crippen molar-refractivity contribution < 1.29 is 31.9 Å². The van der Waals surface area contributed by atoms with Crippen LogP contribution in [0.1, 0.15) is 83.4 Å². The van der Waals surface area contributed by atoms with Crippen molar-refractivity contribution in [2.45, 2.75) is 98.2 Å². The smallest absolute Gasteiger partial charge is 0.280 e. The van der Waals surface area contributed by atoms with E-state index in [2.05, 4.69) is 111 Å². The molecular formula is C94H90ClN21O14S. The zero-order chi connectivity index (χ0) is 91.4. The van der Waals surface area contributed by atoms with Crippen LogP contribution in [-0.4, -0.2) is 109 Å². The van der Waals surface area contributed by atoms with Gasteiger partial charge in [0.1, 0.15) is 11.5 Å². The molecule has 20 aromatic rings. The van der Waals surface area contributed by atoms with Gasteiger partial charge in [-0.2, -0.15) is 30.9 Å². The first kappa shape index (κ1) is 90.6. The van der Waals surface area contributed by atoms with Crippen molar-refractivity contribution in [1.29, 1.82) is 0 Å². The number of hydrogen-bond donors (Lipinski definition) is 7. The lowest BCUT2D eigenvalue weighted by molar-refractivity contribution is 0.373. The number of methoxy groups -OCH3 is 1. The third kappa shape index (κ3) is 25.8. The average Bonchev–Trinajstić information content (AvgIpc) is 1.77. The topological polar surface area (TPSA) is 443 Å². The standard InChI is InChI=1S/C15H15N3O2.C14H13N3O3.2C14H13N3O2.C13H10ClN3O2.C13H11N3OS.C11H15N3O2/c1-15(2,18-8-7-16-10-18)12-5-3-11(4-6-12)13-9-14(19)17-20-13;1-19-12-6-10(13-7-14(18)16-20-13)2-3-11(12)8-17-5-4-15-9-17;1-10-6-11(13-7-14(18)16-19-13)2-3-12(10)8-17-5-4-15-9-17;1-10-6-11(8-17-5-4-15-9-17)2-3-12(10)13-7-14(18)16-19-13;14-11-5-9(12-6-13(18)16-19-12)1-2-10(11)7-17-4-3-15-8-17;17-13-7-12(18-15-13)11-3-1-10(2-4-11)8-16-6-5-14-9-16;15-11-8-10(16-13-11)4-2-1-3-6-14-7-5-12-9-14/h3-10H,1-2H3,(H,17,19);2-7,9H,8H2,1H3,(H,16,18);2*2-7,9H,8H2,1H3,(H,16,18);1-6,8H,7H2,(H,16,18);1-7,9H,8H2,(H,15,17);5,7-9H,1-4,6H2,(H,13,15). The number of rotatable bonds is 25. The molecule has 0 amide bonds. The Morgan fingerprint density at radius 2 is 0.786 bits per heavy atom. The van der Waals surface area contributed by atoms with E-state index in [1.807, 2.05) is 183 Å². The van der Waals surface area contributed by atoms with Gasteiger partial charge in [0.2, 0.25) is 0 Å². The van der Waals surface area contributed by atoms with Crippen molar-refractivity contribution in [1.82, 2.24) is 102 Å². The lowest BCUT2D eigenvalue weighted by Gasteiger charge is -2.27. The van der Waals surface area contributed by atoms with Crippen LogP contribution in [0.15, 0.2) is 356 Å². The van der Waals surface area contributed by atoms with E-state index in [1.54, 1.807) is 101 Å². The number of halogens is 1. The van der Waals surface area contributed by atoms with Crippen molar-refractivity contribution in [2.75, 3.05) is 7.11 Å². The van der Waals surface area contributed by atoms with E-state index in [0.717, 1.165) is 129 Å². The molecule has 0 aliphatic carbocycles. The Bertz CT molecular complexity index is 7160. The van der Waals surface area contributed by atoms with Crippen molar-refractivity contribution in [2.24, 2.45) is 0 Å². The highest BCUT2D eigenvalue weighted by atomic mass is 35.5. The molecule has 14 heterocycles. The summed E-state index contributed by atoms with van der Waals surface area (Å²) in [6.45, 7) is 13.0.